The molecule has 0 amide bonds. The summed E-state index contributed by atoms with van der Waals surface area (Å²) >= 11 is 0. The summed E-state index contributed by atoms with van der Waals surface area (Å²) in [7, 11) is 0. The fraction of sp³-hybridized carbons (Fsp3) is 0.250. The van der Waals surface area contributed by atoms with Gasteiger partial charge in [-0.2, -0.15) is 0 Å². The third kappa shape index (κ3) is 1.90. The van der Waals surface area contributed by atoms with Gasteiger partial charge in [-0.3, -0.25) is 0 Å². The highest BCUT2D eigenvalue weighted by molar-refractivity contribution is 5.30. The van der Waals surface area contributed by atoms with Crippen LogP contribution in [0.3, 0.4) is 0 Å². The van der Waals surface area contributed by atoms with Crippen molar-refractivity contribution in [3.63, 3.8) is 0 Å². The third-order valence-corrected chi connectivity index (χ3v) is 1.39. The number of benzene rings is 1. The van der Waals surface area contributed by atoms with Gasteiger partial charge < -0.3 is 5.11 Å². The summed E-state index contributed by atoms with van der Waals surface area (Å²) in [5, 5.41) is 8.78. The van der Waals surface area contributed by atoms with Gasteiger partial charge in [-0.1, -0.05) is 0 Å². The number of aromatic hydroxyl groups is 1. The number of rotatable bonds is 1. The van der Waals surface area contributed by atoms with Crippen LogP contribution in [0.2, 0.25) is 0 Å². The maximum Gasteiger partial charge on any atom is 0.270 e. The molecule has 1 aromatic rings. The van der Waals surface area contributed by atoms with Gasteiger partial charge in [0.15, 0.2) is 0 Å². The lowest BCUT2D eigenvalue weighted by Crippen LogP contribution is -2.06. The van der Waals surface area contributed by atoms with E-state index >= 15 is 0 Å². The van der Waals surface area contributed by atoms with Gasteiger partial charge >= 0.3 is 0 Å². The molecule has 1 nitrogen and oxygen atoms in total. The maximum atomic E-state index is 12.5. The minimum absolute atomic E-state index is 0.494. The van der Waals surface area contributed by atoms with E-state index in [4.69, 9.17) is 5.11 Å². The van der Waals surface area contributed by atoms with Crippen molar-refractivity contribution in [1.82, 2.24) is 0 Å². The molecule has 0 unspecified atom stereocenters. The number of halogens is 3. The number of phenolic OH excluding ortho intramolecular Hbond substituents is 1. The normalized spacial score (nSPS) is 11.7. The van der Waals surface area contributed by atoms with E-state index < -0.39 is 23.1 Å². The largest absolute Gasteiger partial charge is 0.508 e. The van der Waals surface area contributed by atoms with Crippen LogP contribution in [0.1, 0.15) is 12.5 Å². The third-order valence-electron chi connectivity index (χ3n) is 1.39. The van der Waals surface area contributed by atoms with Crippen molar-refractivity contribution in [3.05, 3.63) is 29.6 Å². The Morgan fingerprint density at radius 3 is 2.25 bits per heavy atom. The van der Waals surface area contributed by atoms with E-state index in [1.807, 2.05) is 0 Å². The van der Waals surface area contributed by atoms with Gasteiger partial charge in [-0.05, 0) is 12.1 Å². The Bertz CT molecular complexity index is 271. The zero-order valence-electron chi connectivity index (χ0n) is 6.31. The van der Waals surface area contributed by atoms with Crippen LogP contribution >= 0.6 is 0 Å². The van der Waals surface area contributed by atoms with E-state index in [9.17, 15) is 13.2 Å². The zero-order chi connectivity index (χ0) is 9.35. The predicted octanol–water partition coefficient (Wildman–Crippen LogP) is 2.64. The van der Waals surface area contributed by atoms with Crippen LogP contribution in [0, 0.1) is 5.82 Å². The summed E-state index contributed by atoms with van der Waals surface area (Å²) in [6.45, 7) is 0.640. The van der Waals surface area contributed by atoms with E-state index in [1.54, 1.807) is 0 Å². The molecule has 0 aliphatic heterocycles. The molecule has 1 rings (SSSR count). The maximum absolute atomic E-state index is 12.5. The van der Waals surface area contributed by atoms with Crippen LogP contribution in [0.4, 0.5) is 13.2 Å². The van der Waals surface area contributed by atoms with E-state index in [0.717, 1.165) is 12.1 Å². The molecule has 0 aliphatic rings. The molecule has 0 atom stereocenters. The first-order valence-corrected chi connectivity index (χ1v) is 3.27. The molecular formula is C8H7F3O. The summed E-state index contributed by atoms with van der Waals surface area (Å²) in [5.74, 6) is -4.49. The van der Waals surface area contributed by atoms with Crippen molar-refractivity contribution in [2.75, 3.05) is 0 Å². The van der Waals surface area contributed by atoms with Gasteiger partial charge in [0.1, 0.15) is 11.6 Å². The van der Waals surface area contributed by atoms with Crippen LogP contribution in [0.25, 0.3) is 0 Å². The minimum atomic E-state index is -3.13. The summed E-state index contributed by atoms with van der Waals surface area (Å²) in [5.41, 5.74) is -0.528. The molecule has 1 N–H and O–H groups in total. The molecule has 12 heavy (non-hydrogen) atoms. The molecule has 0 fully saturated rings. The molecule has 0 bridgehead atoms. The molecule has 1 aromatic carbocycles. The fourth-order valence-corrected chi connectivity index (χ4v) is 0.828. The van der Waals surface area contributed by atoms with E-state index in [-0.39, 0.29) is 0 Å². The fourth-order valence-electron chi connectivity index (χ4n) is 0.828. The first-order chi connectivity index (χ1) is 5.39. The Kier molecular flexibility index (Phi) is 2.00. The van der Waals surface area contributed by atoms with Gasteiger partial charge in [0.2, 0.25) is 0 Å². The van der Waals surface area contributed by atoms with Crippen molar-refractivity contribution >= 4 is 0 Å². The van der Waals surface area contributed by atoms with Crippen molar-refractivity contribution in [1.29, 1.82) is 0 Å². The van der Waals surface area contributed by atoms with Gasteiger partial charge in [0.05, 0.1) is 0 Å². The molecule has 0 aliphatic carbocycles. The molecule has 0 saturated carbocycles. The molecule has 0 heterocycles. The molecular weight excluding hydrogens is 169 g/mol. The van der Waals surface area contributed by atoms with Gasteiger partial charge in [0, 0.05) is 18.6 Å². The highest BCUT2D eigenvalue weighted by atomic mass is 19.3. The lowest BCUT2D eigenvalue weighted by Gasteiger charge is -2.10. The number of hydrogen-bond donors (Lipinski definition) is 1. The van der Waals surface area contributed by atoms with Crippen molar-refractivity contribution in [2.45, 2.75) is 12.8 Å². The molecule has 0 aromatic heterocycles. The van der Waals surface area contributed by atoms with E-state index in [0.29, 0.717) is 13.0 Å². The van der Waals surface area contributed by atoms with Crippen molar-refractivity contribution < 1.29 is 18.3 Å². The second-order valence-electron chi connectivity index (χ2n) is 2.59. The van der Waals surface area contributed by atoms with Crippen LogP contribution in [-0.2, 0) is 5.92 Å². The van der Waals surface area contributed by atoms with E-state index in [1.165, 1.54) is 0 Å². The standard InChI is InChI=1S/C8H7F3O/c1-8(10,11)5-2-6(9)4-7(12)3-5/h2-4,12H,1H3. The number of hydrogen-bond acceptors (Lipinski definition) is 1. The molecule has 0 saturated heterocycles. The smallest absolute Gasteiger partial charge is 0.270 e. The highest BCUT2D eigenvalue weighted by Gasteiger charge is 2.25. The Hall–Kier alpha value is -1.19. The molecule has 66 valence electrons. The second-order valence-corrected chi connectivity index (χ2v) is 2.59. The SMILES string of the molecule is CC(F)(F)c1cc(O)cc(F)c1. The average Bonchev–Trinajstić information content (AvgIpc) is 1.82. The Morgan fingerprint density at radius 1 is 1.25 bits per heavy atom. The van der Waals surface area contributed by atoms with Crippen LogP contribution in [-0.4, -0.2) is 5.11 Å². The number of alkyl halides is 2. The molecule has 0 spiro atoms. The number of phenols is 1. The predicted molar refractivity (Wildman–Crippen MR) is 37.6 cm³/mol. The average molecular weight is 176 g/mol. The van der Waals surface area contributed by atoms with Crippen LogP contribution < -0.4 is 0 Å². The zero-order valence-corrected chi connectivity index (χ0v) is 6.31. The summed E-state index contributed by atoms with van der Waals surface area (Å²) in [6.07, 6.45) is 0. The first kappa shape index (κ1) is 8.90. The van der Waals surface area contributed by atoms with Crippen LogP contribution in [0.5, 0.6) is 5.75 Å². The van der Waals surface area contributed by atoms with Crippen LogP contribution in [0.15, 0.2) is 18.2 Å². The van der Waals surface area contributed by atoms with Gasteiger partial charge in [-0.25, -0.2) is 13.2 Å². The Morgan fingerprint density at radius 2 is 1.83 bits per heavy atom. The topological polar surface area (TPSA) is 20.2 Å². The first-order valence-electron chi connectivity index (χ1n) is 3.27. The van der Waals surface area contributed by atoms with Gasteiger partial charge in [0.25, 0.3) is 5.92 Å². The lowest BCUT2D eigenvalue weighted by molar-refractivity contribution is 0.0169. The van der Waals surface area contributed by atoms with Crippen molar-refractivity contribution in [2.24, 2.45) is 0 Å². The second kappa shape index (κ2) is 2.69. The van der Waals surface area contributed by atoms with E-state index in [2.05, 4.69) is 0 Å². The highest BCUT2D eigenvalue weighted by Crippen LogP contribution is 2.29. The monoisotopic (exact) mass is 176 g/mol. The Labute approximate surface area is 67.5 Å². The summed E-state index contributed by atoms with van der Waals surface area (Å²) < 4.78 is 37.5. The summed E-state index contributed by atoms with van der Waals surface area (Å²) in [6, 6.07) is 2.30. The quantitative estimate of drug-likeness (QED) is 0.697. The van der Waals surface area contributed by atoms with Gasteiger partial charge in [-0.15, -0.1) is 0 Å². The minimum Gasteiger partial charge on any atom is -0.508 e. The summed E-state index contributed by atoms with van der Waals surface area (Å²) in [4.78, 5) is 0. The molecule has 4 heteroatoms. The molecule has 0 radical (unpaired) electrons. The lowest BCUT2D eigenvalue weighted by atomic mass is 10.1. The van der Waals surface area contributed by atoms with Crippen molar-refractivity contribution in [3.8, 4) is 5.75 Å². The Balaban J connectivity index is 3.18.